The van der Waals surface area contributed by atoms with E-state index in [0.717, 1.165) is 31.2 Å². The highest BCUT2D eigenvalue weighted by Crippen LogP contribution is 2.66. The van der Waals surface area contributed by atoms with Crippen molar-refractivity contribution in [2.75, 3.05) is 26.2 Å². The second kappa shape index (κ2) is 12.0. The highest BCUT2D eigenvalue weighted by molar-refractivity contribution is 8.02. The number of aliphatic hydroxyl groups is 1. The summed E-state index contributed by atoms with van der Waals surface area (Å²) in [5.74, 6) is -1.58. The number of carbonyl (C=O) groups excluding carboxylic acids is 3. The van der Waals surface area contributed by atoms with Gasteiger partial charge < -0.3 is 19.8 Å². The molecule has 5 rings (SSSR count). The molecule has 1 spiro atoms. The van der Waals surface area contributed by atoms with Gasteiger partial charge in [-0.15, -0.1) is 11.8 Å². The van der Waals surface area contributed by atoms with Gasteiger partial charge in [0.1, 0.15) is 6.04 Å². The Labute approximate surface area is 249 Å². The number of amides is 3. The first-order valence-corrected chi connectivity index (χ1v) is 16.1. The Bertz CT molecular complexity index is 1200. The molecule has 8 heteroatoms. The quantitative estimate of drug-likeness (QED) is 0.331. The number of aliphatic hydroxyl groups excluding tert-OH is 1. The van der Waals surface area contributed by atoms with Crippen LogP contribution in [-0.4, -0.2) is 85.3 Å². The van der Waals surface area contributed by atoms with Gasteiger partial charge in [-0.2, -0.15) is 0 Å². The summed E-state index contributed by atoms with van der Waals surface area (Å²) in [5.41, 5.74) is 1.04. The molecule has 1 unspecified atom stereocenters. The van der Waals surface area contributed by atoms with Crippen LogP contribution in [0.3, 0.4) is 0 Å². The van der Waals surface area contributed by atoms with Crippen molar-refractivity contribution in [2.24, 2.45) is 17.8 Å². The fraction of sp³-hybridized carbons (Fsp3) is 0.606. The summed E-state index contributed by atoms with van der Waals surface area (Å²) in [5, 5.41) is 10.6. The third-order valence-electron chi connectivity index (χ3n) is 9.75. The molecule has 0 bridgehead atoms. The van der Waals surface area contributed by atoms with E-state index in [1.54, 1.807) is 16.7 Å². The minimum atomic E-state index is -0.885. The lowest BCUT2D eigenvalue weighted by molar-refractivity contribution is -0.148. The lowest BCUT2D eigenvalue weighted by Crippen LogP contribution is -2.58. The van der Waals surface area contributed by atoms with Crippen molar-refractivity contribution in [3.63, 3.8) is 0 Å². The van der Waals surface area contributed by atoms with Crippen LogP contribution >= 0.6 is 11.8 Å². The van der Waals surface area contributed by atoms with Gasteiger partial charge in [-0.1, -0.05) is 94.7 Å². The molecule has 41 heavy (non-hydrogen) atoms. The molecule has 0 saturated carbocycles. The van der Waals surface area contributed by atoms with Crippen LogP contribution in [0.5, 0.6) is 0 Å². The van der Waals surface area contributed by atoms with E-state index in [-0.39, 0.29) is 30.2 Å². The molecule has 0 radical (unpaired) electrons. The highest BCUT2D eigenvalue weighted by Gasteiger charge is 2.74. The molecule has 4 heterocycles. The lowest BCUT2D eigenvalue weighted by atomic mass is 9.74. The molecule has 222 valence electrons. The Morgan fingerprint density at radius 3 is 2.34 bits per heavy atom. The van der Waals surface area contributed by atoms with E-state index in [1.807, 2.05) is 60.1 Å². The van der Waals surface area contributed by atoms with E-state index in [0.29, 0.717) is 26.2 Å². The molecule has 1 aromatic rings. The fourth-order valence-electron chi connectivity index (χ4n) is 7.43. The van der Waals surface area contributed by atoms with Crippen LogP contribution in [0.25, 0.3) is 0 Å². The van der Waals surface area contributed by atoms with Crippen LogP contribution < -0.4 is 0 Å². The third-order valence-corrected chi connectivity index (χ3v) is 11.6. The maximum atomic E-state index is 14.7. The van der Waals surface area contributed by atoms with E-state index in [1.165, 1.54) is 0 Å². The number of unbranched alkanes of at least 4 members (excludes halogenated alkanes) is 2. The van der Waals surface area contributed by atoms with Gasteiger partial charge in [0, 0.05) is 30.9 Å². The molecule has 7 atom stereocenters. The SMILES string of the molecule is CCCCCN1CC=C[C@]23S[C@@]4(C)C=CCN(Cc5ccccc5)C(=O)[C@H]4[C@H]2C(=O)N([C@@H](CO)[C@@H](C)CC)C3C1=O. The Kier molecular flexibility index (Phi) is 8.72. The second-order valence-electron chi connectivity index (χ2n) is 12.4. The van der Waals surface area contributed by atoms with Gasteiger partial charge >= 0.3 is 0 Å². The Morgan fingerprint density at radius 1 is 0.951 bits per heavy atom. The predicted molar refractivity (Wildman–Crippen MR) is 163 cm³/mol. The molecule has 2 fully saturated rings. The van der Waals surface area contributed by atoms with E-state index in [9.17, 15) is 19.5 Å². The van der Waals surface area contributed by atoms with Crippen LogP contribution in [-0.2, 0) is 20.9 Å². The number of carbonyl (C=O) groups is 3. The summed E-state index contributed by atoms with van der Waals surface area (Å²) >= 11 is 1.61. The van der Waals surface area contributed by atoms with Crippen molar-refractivity contribution in [1.29, 1.82) is 0 Å². The molecular weight excluding hydrogens is 534 g/mol. The van der Waals surface area contributed by atoms with E-state index in [4.69, 9.17) is 0 Å². The van der Waals surface area contributed by atoms with Crippen molar-refractivity contribution in [2.45, 2.75) is 81.5 Å². The summed E-state index contributed by atoms with van der Waals surface area (Å²) in [6.07, 6.45) is 12.0. The first-order valence-electron chi connectivity index (χ1n) is 15.3. The average molecular weight is 580 g/mol. The molecule has 0 aliphatic carbocycles. The number of likely N-dealkylation sites (tertiary alicyclic amines) is 1. The summed E-state index contributed by atoms with van der Waals surface area (Å²) in [4.78, 5) is 49.1. The molecular formula is C33H45N3O4S. The Morgan fingerprint density at radius 2 is 1.66 bits per heavy atom. The van der Waals surface area contributed by atoms with Gasteiger partial charge in [0.25, 0.3) is 0 Å². The minimum absolute atomic E-state index is 0.00379. The molecule has 0 aromatic heterocycles. The normalized spacial score (nSPS) is 32.5. The Balaban J connectivity index is 1.59. The van der Waals surface area contributed by atoms with Gasteiger partial charge in [0.2, 0.25) is 17.7 Å². The predicted octanol–water partition coefficient (Wildman–Crippen LogP) is 4.27. The van der Waals surface area contributed by atoms with Crippen LogP contribution in [0.1, 0.15) is 58.9 Å². The van der Waals surface area contributed by atoms with Crippen molar-refractivity contribution in [1.82, 2.24) is 14.7 Å². The Hall–Kier alpha value is -2.58. The fourth-order valence-corrected chi connectivity index (χ4v) is 9.57. The van der Waals surface area contributed by atoms with Gasteiger partial charge in [-0.25, -0.2) is 0 Å². The largest absolute Gasteiger partial charge is 0.394 e. The smallest absolute Gasteiger partial charge is 0.247 e. The number of rotatable bonds is 10. The van der Waals surface area contributed by atoms with Crippen LogP contribution in [0.15, 0.2) is 54.6 Å². The summed E-state index contributed by atoms with van der Waals surface area (Å²) in [6, 6.07) is 8.69. The van der Waals surface area contributed by atoms with Crippen molar-refractivity contribution in [3.05, 3.63) is 60.2 Å². The highest BCUT2D eigenvalue weighted by atomic mass is 32.2. The topological polar surface area (TPSA) is 81.2 Å². The van der Waals surface area contributed by atoms with Gasteiger partial charge in [-0.05, 0) is 24.8 Å². The first-order chi connectivity index (χ1) is 19.7. The van der Waals surface area contributed by atoms with Crippen LogP contribution in [0.2, 0.25) is 0 Å². The standard InChI is InChI=1S/C33H45N3O4S/c1-5-7-11-18-34-19-13-17-33-27(30(39)36(28(33)31(34)40)25(22-37)23(3)6-2)26-29(38)35(20-12-16-32(26,4)41-33)21-24-14-9-8-10-15-24/h8-10,12-17,23,25-28,37H,5-7,11,18-22H2,1-4H3/t23-,25-,26+,27-,28?,32-,33-/m0/s1. The molecule has 7 nitrogen and oxygen atoms in total. The zero-order valence-electron chi connectivity index (χ0n) is 24.9. The second-order valence-corrected chi connectivity index (χ2v) is 14.2. The van der Waals surface area contributed by atoms with Gasteiger partial charge in [0.15, 0.2) is 0 Å². The molecule has 1 N–H and O–H groups in total. The van der Waals surface area contributed by atoms with Crippen molar-refractivity contribution >= 4 is 29.5 Å². The van der Waals surface area contributed by atoms with Gasteiger partial charge in [0.05, 0.1) is 29.2 Å². The van der Waals surface area contributed by atoms with Crippen molar-refractivity contribution < 1.29 is 19.5 Å². The summed E-state index contributed by atoms with van der Waals surface area (Å²) in [6.45, 7) is 10.1. The number of nitrogens with zero attached hydrogens (tertiary/aromatic N) is 3. The number of benzene rings is 1. The molecule has 2 saturated heterocycles. The monoisotopic (exact) mass is 579 g/mol. The lowest BCUT2D eigenvalue weighted by Gasteiger charge is -2.41. The van der Waals surface area contributed by atoms with Crippen LogP contribution in [0.4, 0.5) is 0 Å². The first kappa shape index (κ1) is 29.9. The summed E-state index contributed by atoms with van der Waals surface area (Å²) < 4.78 is -1.52. The molecule has 3 amide bonds. The molecule has 1 aromatic carbocycles. The van der Waals surface area contributed by atoms with Crippen LogP contribution in [0, 0.1) is 17.8 Å². The average Bonchev–Trinajstić information content (AvgIpc) is 3.24. The van der Waals surface area contributed by atoms with E-state index >= 15 is 0 Å². The number of hydrogen-bond donors (Lipinski definition) is 1. The zero-order chi connectivity index (χ0) is 29.4. The number of thioether (sulfide) groups is 1. The number of hydrogen-bond acceptors (Lipinski definition) is 5. The third kappa shape index (κ3) is 5.05. The zero-order valence-corrected chi connectivity index (χ0v) is 25.7. The summed E-state index contributed by atoms with van der Waals surface area (Å²) in [7, 11) is 0. The molecule has 4 aliphatic heterocycles. The van der Waals surface area contributed by atoms with Gasteiger partial charge in [-0.3, -0.25) is 14.4 Å². The molecule has 4 aliphatic rings. The maximum Gasteiger partial charge on any atom is 0.247 e. The maximum absolute atomic E-state index is 14.7. The number of fused-ring (bicyclic) bond motifs is 2. The van der Waals surface area contributed by atoms with E-state index in [2.05, 4.69) is 32.1 Å². The van der Waals surface area contributed by atoms with Crippen molar-refractivity contribution in [3.8, 4) is 0 Å². The minimum Gasteiger partial charge on any atom is -0.394 e. The van der Waals surface area contributed by atoms with E-state index < -0.39 is 33.4 Å².